The maximum absolute atomic E-state index is 5.26. The average molecular weight is 785 g/mol. The Balaban J connectivity index is 1.40. The summed E-state index contributed by atoms with van der Waals surface area (Å²) in [5, 5.41) is 0. The number of unbranched alkanes of at least 4 members (excludes halogenated alkanes) is 6. The summed E-state index contributed by atoms with van der Waals surface area (Å²) < 4.78 is 6.07. The van der Waals surface area contributed by atoms with Gasteiger partial charge >= 0.3 is 0 Å². The highest BCUT2D eigenvalue weighted by Crippen LogP contribution is 2.27. The van der Waals surface area contributed by atoms with Crippen molar-refractivity contribution in [1.82, 2.24) is 19.9 Å². The van der Waals surface area contributed by atoms with Crippen LogP contribution in [-0.4, -0.2) is 19.9 Å². The lowest BCUT2D eigenvalue weighted by atomic mass is 10.0. The Kier molecular flexibility index (Phi) is 12.2. The maximum Gasteiger partial charge on any atom is 0.256 e. The highest BCUT2D eigenvalue weighted by atomic mass is 14.9. The van der Waals surface area contributed by atoms with Gasteiger partial charge in [-0.15, -0.1) is 0 Å². The molecule has 8 bridgehead atoms. The van der Waals surface area contributed by atoms with E-state index in [1.165, 1.54) is 44.1 Å². The van der Waals surface area contributed by atoms with E-state index in [4.69, 9.17) is 9.97 Å². The number of aromatic nitrogens is 7. The van der Waals surface area contributed by atoms with E-state index >= 15 is 0 Å². The van der Waals surface area contributed by atoms with E-state index in [2.05, 4.69) is 76.7 Å². The van der Waals surface area contributed by atoms with Crippen LogP contribution in [0, 0.1) is 35.5 Å². The van der Waals surface area contributed by atoms with E-state index in [0.717, 1.165) is 91.5 Å². The molecular weight excluding hydrogens is 735 g/mol. The van der Waals surface area contributed by atoms with Crippen LogP contribution in [0.1, 0.15) is 114 Å². The Bertz CT molecular complexity index is 2850. The minimum atomic E-state index is 0.719. The summed E-state index contributed by atoms with van der Waals surface area (Å²) in [5.41, 5.74) is 13.1. The molecule has 0 aliphatic carbocycles. The standard InChI is InChI=1S/C53H49N7/c1-5-6-7-8-9-10-11-21-42-46-28-30-48(54-46)43(25-22-39-18-12-15-36-58(39)2)50-32-34-52(56-50)45(27-24-41-20-14-17-38-60(41)4)53-35-33-51(57-53)44(49-31-29-47(42)55-49)26-23-40-19-13-16-37-59(40)3/h12-20,28-38H,5-11,21H2,1-4H3,(H,54,55,56,57)/q+2/p+1. The molecule has 2 N–H and O–H groups in total. The van der Waals surface area contributed by atoms with Gasteiger partial charge in [0.1, 0.15) is 21.1 Å². The Morgan fingerprint density at radius 2 is 0.817 bits per heavy atom. The van der Waals surface area contributed by atoms with Gasteiger partial charge in [0, 0.05) is 65.2 Å². The van der Waals surface area contributed by atoms with Crippen LogP contribution in [0.5, 0.6) is 0 Å². The van der Waals surface area contributed by atoms with Gasteiger partial charge in [0.25, 0.3) is 17.1 Å². The first-order valence-corrected chi connectivity index (χ1v) is 21.0. The molecule has 0 saturated carbocycles. The molecule has 6 aromatic heterocycles. The van der Waals surface area contributed by atoms with Crippen LogP contribution in [0.15, 0.2) is 97.5 Å². The quantitative estimate of drug-likeness (QED) is 0.0921. The zero-order valence-corrected chi connectivity index (χ0v) is 34.9. The largest absolute Gasteiger partial charge is 0.354 e. The zero-order valence-electron chi connectivity index (χ0n) is 34.9. The highest BCUT2D eigenvalue weighted by molar-refractivity contribution is 5.86. The zero-order chi connectivity index (χ0) is 41.3. The van der Waals surface area contributed by atoms with Crippen LogP contribution in [0.2, 0.25) is 0 Å². The number of rotatable bonds is 8. The summed E-state index contributed by atoms with van der Waals surface area (Å²) in [6, 6.07) is 26.8. The molecule has 6 aromatic rings. The smallest absolute Gasteiger partial charge is 0.256 e. The van der Waals surface area contributed by atoms with Crippen LogP contribution >= 0.6 is 0 Å². The minimum Gasteiger partial charge on any atom is -0.354 e. The molecule has 0 amide bonds. The predicted octanol–water partition coefficient (Wildman–Crippen LogP) is 8.62. The first-order chi connectivity index (χ1) is 29.4. The first kappa shape index (κ1) is 39.6. The van der Waals surface area contributed by atoms with E-state index < -0.39 is 0 Å². The van der Waals surface area contributed by atoms with Gasteiger partial charge in [-0.1, -0.05) is 63.2 Å². The molecule has 7 heteroatoms. The van der Waals surface area contributed by atoms with Gasteiger partial charge in [-0.3, -0.25) is 0 Å². The number of fused-ring (bicyclic) bond motifs is 8. The molecule has 294 valence electrons. The normalized spacial score (nSPS) is 11.3. The molecule has 7 nitrogen and oxygen atoms in total. The Morgan fingerprint density at radius 3 is 1.25 bits per heavy atom. The van der Waals surface area contributed by atoms with Gasteiger partial charge in [-0.2, -0.15) is 13.7 Å². The molecular formula is C53H50N7+3. The molecule has 0 saturated heterocycles. The second kappa shape index (κ2) is 18.5. The van der Waals surface area contributed by atoms with Crippen molar-refractivity contribution in [3.63, 3.8) is 0 Å². The van der Waals surface area contributed by atoms with Crippen LogP contribution in [0.25, 0.3) is 46.4 Å². The molecule has 8 rings (SSSR count). The number of aryl methyl sites for hydroxylation is 4. The lowest BCUT2D eigenvalue weighted by molar-refractivity contribution is -0.674. The fourth-order valence-electron chi connectivity index (χ4n) is 7.53. The number of hydrogen-bond donors (Lipinski definition) is 2. The van der Waals surface area contributed by atoms with Crippen molar-refractivity contribution in [2.24, 2.45) is 21.1 Å². The van der Waals surface area contributed by atoms with Crippen molar-refractivity contribution in [2.75, 3.05) is 0 Å². The van der Waals surface area contributed by atoms with Gasteiger partial charge < -0.3 is 9.97 Å². The lowest BCUT2D eigenvalue weighted by Gasteiger charge is -2.04. The van der Waals surface area contributed by atoms with Crippen LogP contribution in [0.4, 0.5) is 0 Å². The molecule has 0 aromatic carbocycles. The molecule has 0 radical (unpaired) electrons. The summed E-state index contributed by atoms with van der Waals surface area (Å²) in [6.45, 7) is 2.27. The fraction of sp³-hybridized carbons (Fsp3) is 0.226. The monoisotopic (exact) mass is 784 g/mol. The Morgan fingerprint density at radius 1 is 0.433 bits per heavy atom. The molecule has 0 unspecified atom stereocenters. The Labute approximate surface area is 353 Å². The molecule has 8 heterocycles. The molecule has 0 atom stereocenters. The summed E-state index contributed by atoms with van der Waals surface area (Å²) >= 11 is 0. The van der Waals surface area contributed by atoms with E-state index in [1.54, 1.807) is 0 Å². The summed E-state index contributed by atoms with van der Waals surface area (Å²) in [4.78, 5) is 18.1. The first-order valence-electron chi connectivity index (χ1n) is 21.0. The third-order valence-corrected chi connectivity index (χ3v) is 11.0. The third kappa shape index (κ3) is 9.05. The number of nitrogens with one attached hydrogen (secondary N) is 2. The SMILES string of the molecule is CCCCCCCCCc1c2ccc([nH]2)c(C#Cc2cccc[n+]2C)c2nc(c(C#Cc3cccc[n+]3C)c3nc(c(C#Cc4cccc[n+]4C)c4ccc1[nH]4)C=C3)C=C2. The van der Waals surface area contributed by atoms with Crippen LogP contribution in [-0.2, 0) is 27.6 Å². The Hall–Kier alpha value is -7.27. The van der Waals surface area contributed by atoms with Crippen molar-refractivity contribution >= 4 is 46.4 Å². The second-order valence-corrected chi connectivity index (χ2v) is 15.3. The van der Waals surface area contributed by atoms with Gasteiger partial charge in [-0.25, -0.2) is 9.97 Å². The predicted molar refractivity (Wildman–Crippen MR) is 241 cm³/mol. The molecule has 60 heavy (non-hydrogen) atoms. The van der Waals surface area contributed by atoms with Crippen LogP contribution in [0.3, 0.4) is 0 Å². The van der Waals surface area contributed by atoms with E-state index in [9.17, 15) is 0 Å². The number of pyridine rings is 3. The highest BCUT2D eigenvalue weighted by Gasteiger charge is 2.16. The fourth-order valence-corrected chi connectivity index (χ4v) is 7.53. The molecule has 2 aliphatic rings. The maximum atomic E-state index is 5.26. The molecule has 2 aliphatic heterocycles. The summed E-state index contributed by atoms with van der Waals surface area (Å²) in [6.07, 6.45) is 23.8. The number of aromatic amines is 2. The van der Waals surface area contributed by atoms with Gasteiger partial charge in [0.2, 0.25) is 0 Å². The van der Waals surface area contributed by atoms with Crippen molar-refractivity contribution in [1.29, 1.82) is 0 Å². The average Bonchev–Trinajstić information content (AvgIpc) is 4.11. The summed E-state index contributed by atoms with van der Waals surface area (Å²) in [7, 11) is 6.02. The number of H-pyrrole nitrogens is 2. The number of hydrogen-bond acceptors (Lipinski definition) is 2. The van der Waals surface area contributed by atoms with Crippen molar-refractivity contribution < 1.29 is 13.7 Å². The van der Waals surface area contributed by atoms with Crippen molar-refractivity contribution in [2.45, 2.75) is 58.3 Å². The topological polar surface area (TPSA) is 69.0 Å². The van der Waals surface area contributed by atoms with Crippen molar-refractivity contribution in [3.05, 3.63) is 160 Å². The molecule has 0 fully saturated rings. The van der Waals surface area contributed by atoms with Crippen LogP contribution < -0.4 is 13.7 Å². The van der Waals surface area contributed by atoms with E-state index in [1.807, 2.05) is 132 Å². The number of nitrogens with zero attached hydrogens (tertiary/aromatic N) is 5. The van der Waals surface area contributed by atoms with Crippen molar-refractivity contribution in [3.8, 4) is 35.5 Å². The minimum absolute atomic E-state index is 0.719. The third-order valence-electron chi connectivity index (χ3n) is 11.0. The second-order valence-electron chi connectivity index (χ2n) is 15.3. The molecule has 0 spiro atoms. The van der Waals surface area contributed by atoms with E-state index in [0.29, 0.717) is 0 Å². The lowest BCUT2D eigenvalue weighted by Crippen LogP contribution is -2.31. The van der Waals surface area contributed by atoms with E-state index in [-0.39, 0.29) is 0 Å². The summed E-state index contributed by atoms with van der Waals surface area (Å²) in [5.74, 6) is 20.8. The van der Waals surface area contributed by atoms with Gasteiger partial charge in [0.05, 0.1) is 50.5 Å². The van der Waals surface area contributed by atoms with Gasteiger partial charge in [0.15, 0.2) is 18.6 Å². The van der Waals surface area contributed by atoms with Gasteiger partial charge in [-0.05, 0) is 85.2 Å².